The maximum absolute atomic E-state index is 12.1. The molecular weight excluding hydrogens is 270 g/mol. The SMILES string of the molecule is CC[Si](CC)(CC)OC(=O)C(CCCl)NC(C)=O. The quantitative estimate of drug-likeness (QED) is 0.553. The van der Waals surface area contributed by atoms with Gasteiger partial charge < -0.3 is 9.74 Å². The standard InChI is InChI=1S/C12H24ClNO3Si/c1-5-18(6-2,7-3)17-12(16)11(8-9-13)14-10(4)15/h11H,5-9H2,1-4H3,(H,14,15). The molecule has 1 atom stereocenters. The maximum atomic E-state index is 12.1. The van der Waals surface area contributed by atoms with Crippen molar-refractivity contribution in [1.82, 2.24) is 5.32 Å². The van der Waals surface area contributed by atoms with Gasteiger partial charge in [-0.2, -0.15) is 0 Å². The fourth-order valence-corrected chi connectivity index (χ4v) is 4.57. The molecule has 106 valence electrons. The summed E-state index contributed by atoms with van der Waals surface area (Å²) >= 11 is 5.65. The molecule has 0 radical (unpaired) electrons. The van der Waals surface area contributed by atoms with Crippen LogP contribution in [0.2, 0.25) is 18.1 Å². The summed E-state index contributed by atoms with van der Waals surface area (Å²) in [4.78, 5) is 23.2. The number of nitrogens with one attached hydrogen (secondary N) is 1. The minimum atomic E-state index is -1.97. The molecule has 0 aromatic carbocycles. The zero-order valence-corrected chi connectivity index (χ0v) is 13.5. The summed E-state index contributed by atoms with van der Waals surface area (Å²) in [5.74, 6) is -0.249. The van der Waals surface area contributed by atoms with E-state index in [1.165, 1.54) is 6.92 Å². The topological polar surface area (TPSA) is 55.4 Å². The van der Waals surface area contributed by atoms with Crippen LogP contribution in [0.25, 0.3) is 0 Å². The first kappa shape index (κ1) is 17.4. The Hall–Kier alpha value is -0.553. The van der Waals surface area contributed by atoms with Crippen molar-refractivity contribution >= 4 is 31.8 Å². The number of carbonyl (C=O) groups excluding carboxylic acids is 2. The van der Waals surface area contributed by atoms with E-state index < -0.39 is 14.4 Å². The molecule has 0 spiro atoms. The number of hydrogen-bond donors (Lipinski definition) is 1. The molecule has 1 N–H and O–H groups in total. The van der Waals surface area contributed by atoms with Crippen LogP contribution >= 0.6 is 11.6 Å². The molecule has 18 heavy (non-hydrogen) atoms. The number of amides is 1. The smallest absolute Gasteiger partial charge is 0.315 e. The predicted molar refractivity (Wildman–Crippen MR) is 76.2 cm³/mol. The Kier molecular flexibility index (Phi) is 8.27. The summed E-state index contributed by atoms with van der Waals surface area (Å²) in [6.45, 7) is 7.56. The molecule has 1 amide bonds. The van der Waals surface area contributed by atoms with Crippen molar-refractivity contribution < 1.29 is 14.0 Å². The van der Waals surface area contributed by atoms with Gasteiger partial charge in [0.2, 0.25) is 5.91 Å². The van der Waals surface area contributed by atoms with E-state index in [4.69, 9.17) is 16.0 Å². The van der Waals surface area contributed by atoms with E-state index in [0.29, 0.717) is 12.3 Å². The number of hydrogen-bond acceptors (Lipinski definition) is 3. The van der Waals surface area contributed by atoms with Crippen LogP contribution in [0.3, 0.4) is 0 Å². The van der Waals surface area contributed by atoms with Crippen molar-refractivity contribution in [2.45, 2.75) is 58.3 Å². The van der Waals surface area contributed by atoms with Gasteiger partial charge in [-0.3, -0.25) is 9.59 Å². The summed E-state index contributed by atoms with van der Waals surface area (Å²) in [5.41, 5.74) is 0. The minimum absolute atomic E-state index is 0.237. The summed E-state index contributed by atoms with van der Waals surface area (Å²) < 4.78 is 5.73. The molecule has 0 bridgehead atoms. The van der Waals surface area contributed by atoms with Gasteiger partial charge in [-0.1, -0.05) is 20.8 Å². The van der Waals surface area contributed by atoms with Gasteiger partial charge in [-0.25, -0.2) is 0 Å². The van der Waals surface area contributed by atoms with Crippen LogP contribution in [-0.4, -0.2) is 32.1 Å². The molecule has 0 saturated carbocycles. The van der Waals surface area contributed by atoms with Crippen LogP contribution in [0.1, 0.15) is 34.1 Å². The van der Waals surface area contributed by atoms with Gasteiger partial charge in [-0.15, -0.1) is 11.6 Å². The molecule has 0 aromatic heterocycles. The molecule has 0 aliphatic rings. The summed E-state index contributed by atoms with van der Waals surface area (Å²) in [7, 11) is -1.97. The number of carbonyl (C=O) groups is 2. The fraction of sp³-hybridized carbons (Fsp3) is 0.833. The van der Waals surface area contributed by atoms with E-state index in [-0.39, 0.29) is 11.9 Å². The molecular formula is C12H24ClNO3Si. The predicted octanol–water partition coefficient (Wildman–Crippen LogP) is 2.67. The average molecular weight is 294 g/mol. The van der Waals surface area contributed by atoms with Crippen LogP contribution in [0.5, 0.6) is 0 Å². The molecule has 0 saturated heterocycles. The van der Waals surface area contributed by atoms with Gasteiger partial charge in [0.25, 0.3) is 8.32 Å². The Morgan fingerprint density at radius 2 is 1.72 bits per heavy atom. The highest BCUT2D eigenvalue weighted by atomic mass is 35.5. The van der Waals surface area contributed by atoms with Crippen LogP contribution in [0, 0.1) is 0 Å². The third-order valence-corrected chi connectivity index (χ3v) is 8.03. The Bertz CT molecular complexity index is 274. The van der Waals surface area contributed by atoms with Crippen LogP contribution in [0.15, 0.2) is 0 Å². The van der Waals surface area contributed by atoms with Gasteiger partial charge in [0.15, 0.2) is 0 Å². The monoisotopic (exact) mass is 293 g/mol. The van der Waals surface area contributed by atoms with Crippen LogP contribution in [0.4, 0.5) is 0 Å². The largest absolute Gasteiger partial charge is 0.518 e. The molecule has 0 aliphatic heterocycles. The van der Waals surface area contributed by atoms with Crippen molar-refractivity contribution in [3.63, 3.8) is 0 Å². The van der Waals surface area contributed by atoms with E-state index in [0.717, 1.165) is 18.1 Å². The Labute approximate surface area is 116 Å². The summed E-state index contributed by atoms with van der Waals surface area (Å²) in [6, 6.07) is 2.09. The van der Waals surface area contributed by atoms with E-state index >= 15 is 0 Å². The van der Waals surface area contributed by atoms with Gasteiger partial charge >= 0.3 is 5.97 Å². The molecule has 0 rings (SSSR count). The second kappa shape index (κ2) is 8.53. The number of halogens is 1. The van der Waals surface area contributed by atoms with Crippen molar-refractivity contribution in [1.29, 1.82) is 0 Å². The molecule has 1 unspecified atom stereocenters. The third-order valence-electron chi connectivity index (χ3n) is 3.31. The van der Waals surface area contributed by atoms with Crippen LogP contribution < -0.4 is 5.32 Å². The van der Waals surface area contributed by atoms with Gasteiger partial charge in [0.1, 0.15) is 6.04 Å². The zero-order valence-electron chi connectivity index (χ0n) is 11.7. The maximum Gasteiger partial charge on any atom is 0.315 e. The van der Waals surface area contributed by atoms with E-state index in [1.54, 1.807) is 0 Å². The second-order valence-electron chi connectivity index (χ2n) is 4.40. The van der Waals surface area contributed by atoms with Gasteiger partial charge in [0, 0.05) is 12.8 Å². The lowest BCUT2D eigenvalue weighted by Gasteiger charge is -2.29. The van der Waals surface area contributed by atoms with Gasteiger partial charge in [-0.05, 0) is 24.6 Å². The second-order valence-corrected chi connectivity index (χ2v) is 9.46. The lowest BCUT2D eigenvalue weighted by molar-refractivity contribution is -0.140. The molecule has 0 heterocycles. The van der Waals surface area contributed by atoms with E-state index in [9.17, 15) is 9.59 Å². The van der Waals surface area contributed by atoms with E-state index in [1.807, 2.05) is 0 Å². The first-order valence-electron chi connectivity index (χ1n) is 6.50. The first-order valence-corrected chi connectivity index (χ1v) is 9.57. The first-order chi connectivity index (χ1) is 8.44. The lowest BCUT2D eigenvalue weighted by Crippen LogP contribution is -2.47. The molecule has 0 aromatic rings. The molecule has 0 fully saturated rings. The average Bonchev–Trinajstić information content (AvgIpc) is 2.35. The highest BCUT2D eigenvalue weighted by Crippen LogP contribution is 2.22. The van der Waals surface area contributed by atoms with Crippen LogP contribution in [-0.2, 0) is 14.0 Å². The normalized spacial score (nSPS) is 12.9. The lowest BCUT2D eigenvalue weighted by atomic mass is 10.2. The highest BCUT2D eigenvalue weighted by Gasteiger charge is 2.35. The van der Waals surface area contributed by atoms with E-state index in [2.05, 4.69) is 26.1 Å². The zero-order chi connectivity index (χ0) is 14.2. The minimum Gasteiger partial charge on any atom is -0.518 e. The van der Waals surface area contributed by atoms with Crippen molar-refractivity contribution in [3.8, 4) is 0 Å². The van der Waals surface area contributed by atoms with Gasteiger partial charge in [0.05, 0.1) is 0 Å². The highest BCUT2D eigenvalue weighted by molar-refractivity contribution is 6.75. The Morgan fingerprint density at radius 1 is 1.22 bits per heavy atom. The number of rotatable bonds is 8. The molecule has 0 aliphatic carbocycles. The summed E-state index contributed by atoms with van der Waals surface area (Å²) in [5, 5.41) is 2.60. The van der Waals surface area contributed by atoms with Crippen molar-refractivity contribution in [2.75, 3.05) is 5.88 Å². The molecule has 6 heteroatoms. The Morgan fingerprint density at radius 3 is 2.06 bits per heavy atom. The van der Waals surface area contributed by atoms with Crippen molar-refractivity contribution in [2.24, 2.45) is 0 Å². The summed E-state index contributed by atoms with van der Waals surface area (Å²) in [6.07, 6.45) is 0.404. The third kappa shape index (κ3) is 5.39. The Balaban J connectivity index is 4.71. The number of alkyl halides is 1. The van der Waals surface area contributed by atoms with Crippen molar-refractivity contribution in [3.05, 3.63) is 0 Å². The fourth-order valence-electron chi connectivity index (χ4n) is 1.85. The molecule has 4 nitrogen and oxygen atoms in total.